The number of carbonyl (C=O) groups excluding carboxylic acids is 1. The fourth-order valence-electron chi connectivity index (χ4n) is 4.15. The lowest BCUT2D eigenvalue weighted by Gasteiger charge is -2.27. The van der Waals surface area contributed by atoms with Gasteiger partial charge >= 0.3 is 0 Å². The molecule has 0 aliphatic carbocycles. The summed E-state index contributed by atoms with van der Waals surface area (Å²) in [5.41, 5.74) is 4.02. The van der Waals surface area contributed by atoms with Gasteiger partial charge in [0.2, 0.25) is 6.17 Å². The van der Waals surface area contributed by atoms with Gasteiger partial charge in [0.25, 0.3) is 5.91 Å². The molecule has 3 aromatic carbocycles. The Morgan fingerprint density at radius 3 is 2.47 bits per heavy atom. The van der Waals surface area contributed by atoms with E-state index in [2.05, 4.69) is 15.5 Å². The molecule has 2 atom stereocenters. The number of fused-ring (bicyclic) bond motifs is 1. The number of nitrogens with zero attached hydrogens (tertiary/aromatic N) is 3. The van der Waals surface area contributed by atoms with Crippen LogP contribution in [0.4, 0.5) is 5.69 Å². The van der Waals surface area contributed by atoms with Crippen LogP contribution in [0.25, 0.3) is 0 Å². The Bertz CT molecular complexity index is 1300. The number of anilines is 1. The van der Waals surface area contributed by atoms with Crippen LogP contribution >= 0.6 is 35.4 Å². The maximum absolute atomic E-state index is 13.4. The molecule has 0 saturated carbocycles. The molecular formula is C27H27Cl2N5OS. The zero-order chi connectivity index (χ0) is 25.8. The normalized spacial score (nSPS) is 16.2. The quantitative estimate of drug-likeness (QED) is 0.436. The molecule has 4 rings (SSSR count). The van der Waals surface area contributed by atoms with E-state index in [4.69, 9.17) is 40.4 Å². The van der Waals surface area contributed by atoms with Crippen LogP contribution in [0, 0.1) is 0 Å². The van der Waals surface area contributed by atoms with Gasteiger partial charge in [0.15, 0.2) is 5.11 Å². The Labute approximate surface area is 226 Å². The predicted molar refractivity (Wildman–Crippen MR) is 152 cm³/mol. The smallest absolute Gasteiger partial charge is 0.272 e. The Balaban J connectivity index is 1.60. The van der Waals surface area contributed by atoms with Crippen LogP contribution in [-0.4, -0.2) is 55.5 Å². The van der Waals surface area contributed by atoms with Crippen LogP contribution < -0.4 is 15.5 Å². The van der Waals surface area contributed by atoms with E-state index in [1.165, 1.54) is 0 Å². The van der Waals surface area contributed by atoms with E-state index >= 15 is 0 Å². The molecule has 0 saturated heterocycles. The summed E-state index contributed by atoms with van der Waals surface area (Å²) in [7, 11) is 5.69. The Morgan fingerprint density at radius 1 is 1.08 bits per heavy atom. The first kappa shape index (κ1) is 26.1. The second kappa shape index (κ2) is 11.4. The van der Waals surface area contributed by atoms with Crippen LogP contribution in [0.15, 0.2) is 77.8 Å². The summed E-state index contributed by atoms with van der Waals surface area (Å²) in [5.74, 6) is -0.232. The first-order valence-corrected chi connectivity index (χ1v) is 12.6. The van der Waals surface area contributed by atoms with Crippen molar-refractivity contribution in [2.24, 2.45) is 4.99 Å². The van der Waals surface area contributed by atoms with E-state index < -0.39 is 6.17 Å². The van der Waals surface area contributed by atoms with Gasteiger partial charge in [-0.05, 0) is 56.1 Å². The maximum atomic E-state index is 13.4. The molecule has 1 heterocycles. The van der Waals surface area contributed by atoms with Crippen molar-refractivity contribution in [3.8, 4) is 0 Å². The van der Waals surface area contributed by atoms with Gasteiger partial charge in [0.1, 0.15) is 0 Å². The van der Waals surface area contributed by atoms with Gasteiger partial charge in [0, 0.05) is 34.8 Å². The number of amides is 1. The number of benzene rings is 3. The number of aliphatic imine (C=N–C) groups is 1. The van der Waals surface area contributed by atoms with Crippen LogP contribution in [0.2, 0.25) is 10.0 Å². The van der Waals surface area contributed by atoms with Crippen molar-refractivity contribution in [1.29, 1.82) is 0 Å². The van der Waals surface area contributed by atoms with Crippen molar-refractivity contribution in [2.45, 2.75) is 12.2 Å². The van der Waals surface area contributed by atoms with E-state index in [0.717, 1.165) is 22.4 Å². The monoisotopic (exact) mass is 539 g/mol. The van der Waals surface area contributed by atoms with E-state index in [0.29, 0.717) is 27.4 Å². The average Bonchev–Trinajstić information content (AvgIpc) is 2.96. The summed E-state index contributed by atoms with van der Waals surface area (Å²) in [5, 5.41) is 7.91. The minimum absolute atomic E-state index is 0.0271. The number of hydrogen-bond acceptors (Lipinski definition) is 4. The minimum Gasteiger partial charge on any atom is -0.361 e. The molecule has 0 bridgehead atoms. The number of hydrogen-bond donors (Lipinski definition) is 2. The highest BCUT2D eigenvalue weighted by molar-refractivity contribution is 7.80. The van der Waals surface area contributed by atoms with Crippen molar-refractivity contribution in [1.82, 2.24) is 15.5 Å². The van der Waals surface area contributed by atoms with E-state index in [-0.39, 0.29) is 11.9 Å². The number of halogens is 2. The van der Waals surface area contributed by atoms with Gasteiger partial charge in [-0.15, -0.1) is 0 Å². The van der Waals surface area contributed by atoms with Crippen molar-refractivity contribution in [2.75, 3.05) is 32.6 Å². The molecule has 2 unspecified atom stereocenters. The zero-order valence-electron chi connectivity index (χ0n) is 20.2. The zero-order valence-corrected chi connectivity index (χ0v) is 22.5. The number of nitrogens with one attached hydrogen (secondary N) is 2. The summed E-state index contributed by atoms with van der Waals surface area (Å²) in [6.45, 7) is 0.490. The van der Waals surface area contributed by atoms with Crippen LogP contribution in [0.3, 0.4) is 0 Å². The van der Waals surface area contributed by atoms with Gasteiger partial charge in [-0.1, -0.05) is 71.7 Å². The van der Waals surface area contributed by atoms with Gasteiger partial charge < -0.3 is 20.4 Å². The number of carbonyl (C=O) groups is 1. The summed E-state index contributed by atoms with van der Waals surface area (Å²) in [4.78, 5) is 21.9. The third kappa shape index (κ3) is 5.71. The third-order valence-corrected chi connectivity index (χ3v) is 6.90. The first-order chi connectivity index (χ1) is 17.3. The van der Waals surface area contributed by atoms with E-state index in [1.54, 1.807) is 18.0 Å². The molecule has 0 fully saturated rings. The van der Waals surface area contributed by atoms with Gasteiger partial charge in [-0.25, -0.2) is 4.99 Å². The number of thiocarbonyl (C=S) groups is 1. The Hall–Kier alpha value is -2.97. The molecule has 1 aliphatic heterocycles. The van der Waals surface area contributed by atoms with Gasteiger partial charge in [-0.2, -0.15) is 0 Å². The standard InChI is InChI=1S/C27H27Cl2N5OS/c1-33(2)23(19-11-7-8-12-21(19)29)16-30-27(36)32-25-26(35)34(3)22-14-13-18(28)15-20(22)24(31-25)17-9-5-4-6-10-17/h4-15,23,25H,16H2,1-3H3,(H2,30,32,36). The highest BCUT2D eigenvalue weighted by Crippen LogP contribution is 2.30. The van der Waals surface area contributed by atoms with E-state index in [1.807, 2.05) is 80.8 Å². The highest BCUT2D eigenvalue weighted by Gasteiger charge is 2.31. The topological polar surface area (TPSA) is 60.0 Å². The molecular weight excluding hydrogens is 513 g/mol. The molecule has 3 aromatic rings. The van der Waals surface area contributed by atoms with Crippen molar-refractivity contribution in [3.63, 3.8) is 0 Å². The summed E-state index contributed by atoms with van der Waals surface area (Å²) in [6.07, 6.45) is -0.922. The lowest BCUT2D eigenvalue weighted by molar-refractivity contribution is -0.119. The molecule has 1 aliphatic rings. The van der Waals surface area contributed by atoms with Gasteiger partial charge in [-0.3, -0.25) is 4.79 Å². The predicted octanol–water partition coefficient (Wildman–Crippen LogP) is 4.90. The van der Waals surface area contributed by atoms with Crippen molar-refractivity contribution < 1.29 is 4.79 Å². The minimum atomic E-state index is -0.922. The summed E-state index contributed by atoms with van der Waals surface area (Å²) < 4.78 is 0. The SMILES string of the molecule is CN1C(=O)C(NC(=S)NCC(c2ccccc2Cl)N(C)C)N=C(c2ccccc2)c2cc(Cl)ccc21. The third-order valence-electron chi connectivity index (χ3n) is 6.06. The molecule has 2 N–H and O–H groups in total. The largest absolute Gasteiger partial charge is 0.361 e. The van der Waals surface area contributed by atoms with Crippen LogP contribution in [-0.2, 0) is 4.79 Å². The van der Waals surface area contributed by atoms with Gasteiger partial charge in [0.05, 0.1) is 17.4 Å². The van der Waals surface area contributed by atoms with Crippen molar-refractivity contribution in [3.05, 3.63) is 99.5 Å². The highest BCUT2D eigenvalue weighted by atomic mass is 35.5. The molecule has 186 valence electrons. The molecule has 1 amide bonds. The molecule has 36 heavy (non-hydrogen) atoms. The molecule has 0 spiro atoms. The number of rotatable bonds is 6. The second-order valence-electron chi connectivity index (χ2n) is 8.66. The Kier molecular flexibility index (Phi) is 8.26. The second-order valence-corrected chi connectivity index (χ2v) is 9.91. The van der Waals surface area contributed by atoms with Crippen LogP contribution in [0.1, 0.15) is 22.7 Å². The summed E-state index contributed by atoms with van der Waals surface area (Å²) >= 11 is 18.4. The Morgan fingerprint density at radius 2 is 1.78 bits per heavy atom. The average molecular weight is 541 g/mol. The van der Waals surface area contributed by atoms with Crippen LogP contribution in [0.5, 0.6) is 0 Å². The number of benzodiazepines with no additional fused rings is 1. The first-order valence-electron chi connectivity index (χ1n) is 11.4. The lowest BCUT2D eigenvalue weighted by atomic mass is 10.0. The fourth-order valence-corrected chi connectivity index (χ4v) is 4.78. The summed E-state index contributed by atoms with van der Waals surface area (Å²) in [6, 6.07) is 22.8. The lowest BCUT2D eigenvalue weighted by Crippen LogP contribution is -2.50. The van der Waals surface area contributed by atoms with Crippen molar-refractivity contribution >= 4 is 57.8 Å². The molecule has 9 heteroatoms. The molecule has 6 nitrogen and oxygen atoms in total. The fraction of sp³-hybridized carbons (Fsp3) is 0.222. The number of likely N-dealkylation sites (N-methyl/N-ethyl adjacent to an activating group) is 2. The van der Waals surface area contributed by atoms with E-state index in [9.17, 15) is 4.79 Å². The molecule has 0 radical (unpaired) electrons. The maximum Gasteiger partial charge on any atom is 0.272 e. The molecule has 0 aromatic heterocycles.